The Morgan fingerprint density at radius 2 is 1.67 bits per heavy atom. The molecular weight excluding hydrogens is 72.1 g/mol. The van der Waals surface area contributed by atoms with Gasteiger partial charge in [-0.15, -0.1) is 0 Å². The monoisotopic (exact) mass is 82.1 g/mol. The standard InChI is InChI=1S/C6H10/c1-4-6(3)5-2/h1-2,6H,4-5H2,3H3. The lowest BCUT2D eigenvalue weighted by Gasteiger charge is -1.98. The average molecular weight is 82.1 g/mol. The molecule has 0 aliphatic heterocycles. The topological polar surface area (TPSA) is 0 Å². The van der Waals surface area contributed by atoms with Crippen LogP contribution in [-0.2, 0) is 0 Å². The first-order chi connectivity index (χ1) is 2.81. The molecule has 0 saturated carbocycles. The average Bonchev–Trinajstić information content (AvgIpc) is 1.65. The minimum absolute atomic E-state index is 0.491. The van der Waals surface area contributed by atoms with Crippen LogP contribution in [-0.4, -0.2) is 0 Å². The maximum absolute atomic E-state index is 5.20. The predicted molar refractivity (Wildman–Crippen MR) is 27.0 cm³/mol. The lowest BCUT2D eigenvalue weighted by molar-refractivity contribution is 0.599. The Hall–Kier alpha value is 0. The molecule has 0 atom stereocenters. The van der Waals surface area contributed by atoms with Crippen LogP contribution >= 0.6 is 0 Å². The molecule has 0 bridgehead atoms. The van der Waals surface area contributed by atoms with Crippen molar-refractivity contribution in [2.75, 3.05) is 0 Å². The molecule has 0 aromatic carbocycles. The largest absolute Gasteiger partial charge is 0.0625 e. The predicted octanol–water partition coefficient (Wildman–Crippen LogP) is 1.82. The highest BCUT2D eigenvalue weighted by Gasteiger charge is 1.89. The molecule has 0 unspecified atom stereocenters. The van der Waals surface area contributed by atoms with Crippen molar-refractivity contribution in [2.45, 2.75) is 19.8 Å². The highest BCUT2D eigenvalue weighted by Crippen LogP contribution is 2.02. The Morgan fingerprint density at radius 3 is 1.67 bits per heavy atom. The minimum atomic E-state index is 0.491. The van der Waals surface area contributed by atoms with Gasteiger partial charge in [0.15, 0.2) is 0 Å². The van der Waals surface area contributed by atoms with Crippen molar-refractivity contribution in [3.05, 3.63) is 13.8 Å². The van der Waals surface area contributed by atoms with Gasteiger partial charge in [-0.25, -0.2) is 0 Å². The van der Waals surface area contributed by atoms with Crippen molar-refractivity contribution in [3.63, 3.8) is 0 Å². The van der Waals surface area contributed by atoms with Crippen LogP contribution < -0.4 is 0 Å². The molecule has 0 N–H and O–H groups in total. The van der Waals surface area contributed by atoms with Gasteiger partial charge in [-0.1, -0.05) is 6.92 Å². The van der Waals surface area contributed by atoms with E-state index in [1.165, 1.54) is 0 Å². The van der Waals surface area contributed by atoms with Crippen LogP contribution in [0.15, 0.2) is 0 Å². The summed E-state index contributed by atoms with van der Waals surface area (Å²) in [4.78, 5) is 0. The van der Waals surface area contributed by atoms with E-state index in [1.54, 1.807) is 0 Å². The molecule has 0 spiro atoms. The molecule has 0 fully saturated rings. The molecule has 0 aliphatic carbocycles. The molecule has 0 heteroatoms. The van der Waals surface area contributed by atoms with Crippen molar-refractivity contribution in [1.82, 2.24) is 0 Å². The van der Waals surface area contributed by atoms with Crippen LogP contribution in [0.4, 0.5) is 0 Å². The third-order valence-electron chi connectivity index (χ3n) is 0.805. The molecule has 0 amide bonds. The van der Waals surface area contributed by atoms with Crippen molar-refractivity contribution in [1.29, 1.82) is 0 Å². The van der Waals surface area contributed by atoms with Crippen LogP contribution in [0.2, 0.25) is 0 Å². The zero-order chi connectivity index (χ0) is 4.99. The Bertz CT molecular complexity index is 19.2. The zero-order valence-electron chi connectivity index (χ0n) is 4.15. The van der Waals surface area contributed by atoms with Gasteiger partial charge in [0.25, 0.3) is 0 Å². The molecular formula is C6H10. The Kier molecular flexibility index (Phi) is 3.20. The lowest BCUT2D eigenvalue weighted by atomic mass is 10.1. The van der Waals surface area contributed by atoms with Crippen LogP contribution in [0, 0.1) is 19.8 Å². The fraction of sp³-hybridized carbons (Fsp3) is 0.667. The van der Waals surface area contributed by atoms with Gasteiger partial charge in [0, 0.05) is 0 Å². The van der Waals surface area contributed by atoms with Gasteiger partial charge in [-0.05, 0) is 32.6 Å². The van der Waals surface area contributed by atoms with Gasteiger partial charge in [0.1, 0.15) is 0 Å². The van der Waals surface area contributed by atoms with Crippen molar-refractivity contribution in [3.8, 4) is 0 Å². The maximum atomic E-state index is 5.20. The summed E-state index contributed by atoms with van der Waals surface area (Å²) in [6.45, 7) is 12.4. The highest BCUT2D eigenvalue weighted by molar-refractivity contribution is 4.53. The van der Waals surface area contributed by atoms with Crippen molar-refractivity contribution < 1.29 is 0 Å². The molecule has 0 nitrogen and oxygen atoms in total. The van der Waals surface area contributed by atoms with Gasteiger partial charge < -0.3 is 0 Å². The fourth-order valence-corrected chi connectivity index (χ4v) is 0.0962. The second kappa shape index (κ2) is 3.20. The van der Waals surface area contributed by atoms with Gasteiger partial charge in [-0.2, -0.15) is 0 Å². The van der Waals surface area contributed by atoms with Gasteiger partial charge in [-0.3, -0.25) is 0 Å². The summed E-state index contributed by atoms with van der Waals surface area (Å²) in [5.74, 6) is 0.491. The van der Waals surface area contributed by atoms with Crippen LogP contribution in [0.1, 0.15) is 19.8 Å². The number of hydrogen-bond donors (Lipinski definition) is 0. The molecule has 34 valence electrons. The third-order valence-corrected chi connectivity index (χ3v) is 0.805. The molecule has 0 saturated heterocycles. The van der Waals surface area contributed by atoms with E-state index in [-0.39, 0.29) is 0 Å². The van der Waals surface area contributed by atoms with Crippen LogP contribution in [0.25, 0.3) is 0 Å². The van der Waals surface area contributed by atoms with Crippen molar-refractivity contribution >= 4 is 0 Å². The van der Waals surface area contributed by atoms with E-state index in [1.807, 2.05) is 6.92 Å². The number of rotatable bonds is 2. The smallest absolute Gasteiger partial charge is 0.0349 e. The fourth-order valence-electron chi connectivity index (χ4n) is 0.0962. The first-order valence-electron chi connectivity index (χ1n) is 2.21. The minimum Gasteiger partial charge on any atom is -0.0625 e. The molecule has 0 heterocycles. The summed E-state index contributed by atoms with van der Waals surface area (Å²) in [7, 11) is 0. The Labute approximate surface area is 40.6 Å². The molecule has 0 aromatic heterocycles. The van der Waals surface area contributed by atoms with Crippen LogP contribution in [0.3, 0.4) is 0 Å². The first-order valence-corrected chi connectivity index (χ1v) is 2.21. The Morgan fingerprint density at radius 1 is 1.33 bits per heavy atom. The van der Waals surface area contributed by atoms with E-state index >= 15 is 0 Å². The van der Waals surface area contributed by atoms with E-state index in [9.17, 15) is 0 Å². The maximum Gasteiger partial charge on any atom is -0.0349 e. The van der Waals surface area contributed by atoms with E-state index < -0.39 is 0 Å². The van der Waals surface area contributed by atoms with Gasteiger partial charge in [0.2, 0.25) is 0 Å². The van der Waals surface area contributed by atoms with E-state index in [2.05, 4.69) is 0 Å². The van der Waals surface area contributed by atoms with Gasteiger partial charge >= 0.3 is 0 Å². The summed E-state index contributed by atoms with van der Waals surface area (Å²) in [6.07, 6.45) is 1.41. The molecule has 0 rings (SSSR count). The second-order valence-electron chi connectivity index (χ2n) is 1.58. The van der Waals surface area contributed by atoms with E-state index in [0.717, 1.165) is 0 Å². The molecule has 4 radical (unpaired) electrons. The van der Waals surface area contributed by atoms with Gasteiger partial charge in [0.05, 0.1) is 0 Å². The molecule has 6 heavy (non-hydrogen) atoms. The summed E-state index contributed by atoms with van der Waals surface area (Å²) in [6, 6.07) is 0. The summed E-state index contributed by atoms with van der Waals surface area (Å²) in [5, 5.41) is 0. The summed E-state index contributed by atoms with van der Waals surface area (Å²) in [5.41, 5.74) is 0. The highest BCUT2D eigenvalue weighted by atomic mass is 13.9. The second-order valence-corrected chi connectivity index (χ2v) is 1.58. The summed E-state index contributed by atoms with van der Waals surface area (Å²) >= 11 is 0. The molecule has 0 aromatic rings. The lowest BCUT2D eigenvalue weighted by Crippen LogP contribution is -1.85. The van der Waals surface area contributed by atoms with E-state index in [0.29, 0.717) is 18.8 Å². The Balaban J connectivity index is 2.75. The third kappa shape index (κ3) is 2.25. The summed E-state index contributed by atoms with van der Waals surface area (Å²) < 4.78 is 0. The zero-order valence-corrected chi connectivity index (χ0v) is 4.15. The van der Waals surface area contributed by atoms with E-state index in [4.69, 9.17) is 13.8 Å². The normalized spacial score (nSPS) is 10.0. The molecule has 0 aliphatic rings. The van der Waals surface area contributed by atoms with Crippen LogP contribution in [0.5, 0.6) is 0 Å². The first kappa shape index (κ1) is 6.00. The SMILES string of the molecule is [CH]CC(C)C[CH]. The van der Waals surface area contributed by atoms with Crippen molar-refractivity contribution in [2.24, 2.45) is 5.92 Å². The number of hydrogen-bond acceptors (Lipinski definition) is 0. The quantitative estimate of drug-likeness (QED) is 0.476.